The topological polar surface area (TPSA) is 34.0 Å². The molecule has 4 heteroatoms. The second-order valence-electron chi connectivity index (χ2n) is 6.42. The fraction of sp³-hybridized carbons (Fsp3) is 0.300. The Bertz CT molecular complexity index is 759. The summed E-state index contributed by atoms with van der Waals surface area (Å²) in [5, 5.41) is 4.58. The van der Waals surface area contributed by atoms with Gasteiger partial charge in [-0.2, -0.15) is 5.10 Å². The van der Waals surface area contributed by atoms with Crippen LogP contribution in [0.4, 0.5) is 0 Å². The van der Waals surface area contributed by atoms with Crippen LogP contribution in [0.1, 0.15) is 24.4 Å². The average molecular weight is 318 g/mol. The maximum Gasteiger partial charge on any atom is 0.0733 e. The molecule has 122 valence electrons. The number of benzene rings is 1. The second-order valence-corrected chi connectivity index (χ2v) is 6.42. The van der Waals surface area contributed by atoms with E-state index < -0.39 is 0 Å². The quantitative estimate of drug-likeness (QED) is 0.734. The van der Waals surface area contributed by atoms with Crippen molar-refractivity contribution in [2.24, 2.45) is 0 Å². The van der Waals surface area contributed by atoms with Crippen molar-refractivity contribution in [3.63, 3.8) is 0 Å². The normalized spacial score (nSPS) is 16.3. The third-order valence-corrected chi connectivity index (χ3v) is 4.74. The Morgan fingerprint density at radius 2 is 1.75 bits per heavy atom. The van der Waals surface area contributed by atoms with Crippen LogP contribution in [0.25, 0.3) is 11.3 Å². The molecule has 0 aliphatic carbocycles. The summed E-state index contributed by atoms with van der Waals surface area (Å²) < 4.78 is 2.13. The number of pyridine rings is 1. The zero-order valence-electron chi connectivity index (χ0n) is 13.8. The van der Waals surface area contributed by atoms with Crippen LogP contribution < -0.4 is 0 Å². The maximum atomic E-state index is 4.58. The fourth-order valence-electron chi connectivity index (χ4n) is 3.39. The molecule has 0 spiro atoms. The molecule has 4 rings (SSSR count). The minimum atomic E-state index is 0.495. The third kappa shape index (κ3) is 3.39. The van der Waals surface area contributed by atoms with Gasteiger partial charge in [-0.3, -0.25) is 14.6 Å². The highest BCUT2D eigenvalue weighted by Crippen LogP contribution is 2.25. The lowest BCUT2D eigenvalue weighted by Gasteiger charge is -2.32. The van der Waals surface area contributed by atoms with E-state index in [1.165, 1.54) is 5.56 Å². The Hall–Kier alpha value is -2.46. The van der Waals surface area contributed by atoms with Gasteiger partial charge in [-0.1, -0.05) is 36.4 Å². The molecule has 0 radical (unpaired) electrons. The van der Waals surface area contributed by atoms with Crippen molar-refractivity contribution >= 4 is 0 Å². The average Bonchev–Trinajstić information content (AvgIpc) is 3.14. The molecule has 3 heterocycles. The zero-order valence-corrected chi connectivity index (χ0v) is 13.8. The molecule has 0 bridgehead atoms. The molecule has 0 unspecified atom stereocenters. The van der Waals surface area contributed by atoms with E-state index in [1.807, 2.05) is 30.6 Å². The lowest BCUT2D eigenvalue weighted by molar-refractivity contribution is 0.173. The smallest absolute Gasteiger partial charge is 0.0733 e. The predicted molar refractivity (Wildman–Crippen MR) is 95.4 cm³/mol. The van der Waals surface area contributed by atoms with Crippen molar-refractivity contribution in [2.45, 2.75) is 25.4 Å². The van der Waals surface area contributed by atoms with E-state index in [0.717, 1.165) is 43.7 Å². The van der Waals surface area contributed by atoms with Gasteiger partial charge in [0.2, 0.25) is 0 Å². The molecule has 24 heavy (non-hydrogen) atoms. The summed E-state index contributed by atoms with van der Waals surface area (Å²) in [5.74, 6) is 0. The summed E-state index contributed by atoms with van der Waals surface area (Å²) in [6, 6.07) is 17.2. The maximum absolute atomic E-state index is 4.58. The molecule has 1 aliphatic heterocycles. The van der Waals surface area contributed by atoms with Gasteiger partial charge in [-0.25, -0.2) is 0 Å². The Kier molecular flexibility index (Phi) is 4.38. The van der Waals surface area contributed by atoms with Crippen LogP contribution >= 0.6 is 0 Å². The van der Waals surface area contributed by atoms with Crippen molar-refractivity contribution in [1.29, 1.82) is 0 Å². The van der Waals surface area contributed by atoms with E-state index in [4.69, 9.17) is 0 Å². The lowest BCUT2D eigenvalue weighted by atomic mass is 10.0. The Morgan fingerprint density at radius 1 is 0.958 bits per heavy atom. The summed E-state index contributed by atoms with van der Waals surface area (Å²) >= 11 is 0. The number of hydrogen-bond donors (Lipinski definition) is 0. The van der Waals surface area contributed by atoms with Gasteiger partial charge in [0.1, 0.15) is 0 Å². The first kappa shape index (κ1) is 15.1. The molecule has 4 nitrogen and oxygen atoms in total. The van der Waals surface area contributed by atoms with Crippen LogP contribution in [0.15, 0.2) is 67.1 Å². The number of hydrogen-bond acceptors (Lipinski definition) is 3. The predicted octanol–water partition coefficient (Wildman–Crippen LogP) is 3.78. The second kappa shape index (κ2) is 6.97. The first-order chi connectivity index (χ1) is 11.9. The summed E-state index contributed by atoms with van der Waals surface area (Å²) in [6.07, 6.45) is 8.19. The molecule has 0 atom stereocenters. The number of nitrogens with zero attached hydrogens (tertiary/aromatic N) is 4. The molecule has 2 aromatic heterocycles. The largest absolute Gasteiger partial charge is 0.299 e. The van der Waals surface area contributed by atoms with E-state index in [0.29, 0.717) is 6.04 Å². The third-order valence-electron chi connectivity index (χ3n) is 4.74. The highest BCUT2D eigenvalue weighted by Gasteiger charge is 2.21. The van der Waals surface area contributed by atoms with Crippen LogP contribution in [0.3, 0.4) is 0 Å². The molecule has 1 aromatic carbocycles. The fourth-order valence-corrected chi connectivity index (χ4v) is 3.39. The van der Waals surface area contributed by atoms with Crippen LogP contribution in [0, 0.1) is 0 Å². The van der Waals surface area contributed by atoms with Gasteiger partial charge >= 0.3 is 0 Å². The first-order valence-electron chi connectivity index (χ1n) is 8.60. The first-order valence-corrected chi connectivity index (χ1v) is 8.60. The molecular formula is C20H22N4. The molecular weight excluding hydrogens is 296 g/mol. The Labute approximate surface area is 142 Å². The number of likely N-dealkylation sites (tertiary alicyclic amines) is 1. The van der Waals surface area contributed by atoms with E-state index in [2.05, 4.69) is 56.2 Å². The standard InChI is InChI=1S/C20H22N4/c1-2-6-17(7-3-1)15-23-12-9-19(10-13-23)24-16-18(14-22-24)20-8-4-5-11-21-20/h1-8,11,14,16,19H,9-10,12-13,15H2. The number of aromatic nitrogens is 3. The summed E-state index contributed by atoms with van der Waals surface area (Å²) in [4.78, 5) is 6.94. The Balaban J connectivity index is 1.37. The van der Waals surface area contributed by atoms with Crippen molar-refractivity contribution < 1.29 is 0 Å². The van der Waals surface area contributed by atoms with Gasteiger partial charge in [0.15, 0.2) is 0 Å². The number of piperidine rings is 1. The molecule has 1 aliphatic rings. The molecule has 0 saturated carbocycles. The van der Waals surface area contributed by atoms with E-state index in [9.17, 15) is 0 Å². The monoisotopic (exact) mass is 318 g/mol. The summed E-state index contributed by atoms with van der Waals surface area (Å²) in [5.41, 5.74) is 3.49. The minimum Gasteiger partial charge on any atom is -0.299 e. The zero-order chi connectivity index (χ0) is 16.2. The van der Waals surface area contributed by atoms with Gasteiger partial charge in [0.05, 0.1) is 17.9 Å². The van der Waals surface area contributed by atoms with Crippen LogP contribution in [0.2, 0.25) is 0 Å². The lowest BCUT2D eigenvalue weighted by Crippen LogP contribution is -2.34. The van der Waals surface area contributed by atoms with Crippen LogP contribution in [-0.4, -0.2) is 32.8 Å². The van der Waals surface area contributed by atoms with Gasteiger partial charge in [-0.15, -0.1) is 0 Å². The highest BCUT2D eigenvalue weighted by molar-refractivity contribution is 5.56. The van der Waals surface area contributed by atoms with Gasteiger partial charge in [0, 0.05) is 37.6 Å². The molecule has 1 fully saturated rings. The SMILES string of the molecule is c1ccc(CN2CCC(n3cc(-c4ccccn4)cn3)CC2)cc1. The molecule has 3 aromatic rings. The van der Waals surface area contributed by atoms with Crippen LogP contribution in [0.5, 0.6) is 0 Å². The van der Waals surface area contributed by atoms with Gasteiger partial charge < -0.3 is 0 Å². The van der Waals surface area contributed by atoms with Crippen molar-refractivity contribution in [1.82, 2.24) is 19.7 Å². The summed E-state index contributed by atoms with van der Waals surface area (Å²) in [7, 11) is 0. The summed E-state index contributed by atoms with van der Waals surface area (Å²) in [6.45, 7) is 3.29. The van der Waals surface area contributed by atoms with Crippen molar-refractivity contribution in [3.05, 3.63) is 72.7 Å². The molecule has 1 saturated heterocycles. The van der Waals surface area contributed by atoms with Crippen LogP contribution in [-0.2, 0) is 6.54 Å². The number of rotatable bonds is 4. The van der Waals surface area contributed by atoms with E-state index in [1.54, 1.807) is 0 Å². The van der Waals surface area contributed by atoms with Gasteiger partial charge in [-0.05, 0) is 30.5 Å². The van der Waals surface area contributed by atoms with Gasteiger partial charge in [0.25, 0.3) is 0 Å². The van der Waals surface area contributed by atoms with Crippen molar-refractivity contribution in [2.75, 3.05) is 13.1 Å². The minimum absolute atomic E-state index is 0.495. The van der Waals surface area contributed by atoms with Crippen molar-refractivity contribution in [3.8, 4) is 11.3 Å². The Morgan fingerprint density at radius 3 is 2.50 bits per heavy atom. The van der Waals surface area contributed by atoms with E-state index in [-0.39, 0.29) is 0 Å². The molecule has 0 amide bonds. The van der Waals surface area contributed by atoms with E-state index >= 15 is 0 Å². The highest BCUT2D eigenvalue weighted by atomic mass is 15.3. The molecule has 0 N–H and O–H groups in total.